The second kappa shape index (κ2) is 8.12. The molecule has 0 saturated carbocycles. The molecule has 1 atom stereocenters. The number of likely N-dealkylation sites (tertiary alicyclic amines) is 1. The Morgan fingerprint density at radius 2 is 1.95 bits per heavy atom. The van der Waals surface area contributed by atoms with Gasteiger partial charge in [-0.15, -0.1) is 12.4 Å². The van der Waals surface area contributed by atoms with Gasteiger partial charge in [-0.1, -0.05) is 30.3 Å². The Bertz CT molecular complexity index is 404. The third-order valence-electron chi connectivity index (χ3n) is 3.75. The van der Waals surface area contributed by atoms with Gasteiger partial charge in [0.1, 0.15) is 6.61 Å². The molecule has 5 heteroatoms. The lowest BCUT2D eigenvalue weighted by Crippen LogP contribution is -2.42. The molecule has 1 fully saturated rings. The SMILES string of the molecule is C[C@H](N)C1CCN(C(=O)OCc2ccccc2)CC1.Cl. The molecule has 1 aromatic carbocycles. The lowest BCUT2D eigenvalue weighted by Gasteiger charge is -2.33. The fourth-order valence-electron chi connectivity index (χ4n) is 2.42. The molecular weight excluding hydrogens is 276 g/mol. The van der Waals surface area contributed by atoms with E-state index in [1.165, 1.54) is 0 Å². The Balaban J connectivity index is 0.00000200. The van der Waals surface area contributed by atoms with Crippen LogP contribution in [0.4, 0.5) is 4.79 Å². The maximum Gasteiger partial charge on any atom is 0.410 e. The van der Waals surface area contributed by atoms with Crippen LogP contribution in [0.1, 0.15) is 25.3 Å². The van der Waals surface area contributed by atoms with E-state index in [9.17, 15) is 4.79 Å². The van der Waals surface area contributed by atoms with E-state index in [4.69, 9.17) is 10.5 Å². The number of hydrogen-bond acceptors (Lipinski definition) is 3. The van der Waals surface area contributed by atoms with Crippen LogP contribution >= 0.6 is 12.4 Å². The number of benzene rings is 1. The highest BCUT2D eigenvalue weighted by atomic mass is 35.5. The molecule has 1 amide bonds. The summed E-state index contributed by atoms with van der Waals surface area (Å²) in [6, 6.07) is 9.95. The third kappa shape index (κ3) is 4.69. The Morgan fingerprint density at radius 1 is 1.35 bits per heavy atom. The van der Waals surface area contributed by atoms with Crippen molar-refractivity contribution in [2.75, 3.05) is 13.1 Å². The van der Waals surface area contributed by atoms with Crippen LogP contribution in [0, 0.1) is 5.92 Å². The van der Waals surface area contributed by atoms with Gasteiger partial charge in [0.2, 0.25) is 0 Å². The molecule has 1 saturated heterocycles. The van der Waals surface area contributed by atoms with Crippen molar-refractivity contribution in [3.63, 3.8) is 0 Å². The molecule has 0 aromatic heterocycles. The summed E-state index contributed by atoms with van der Waals surface area (Å²) in [5.74, 6) is 0.526. The Hall–Kier alpha value is -1.26. The minimum Gasteiger partial charge on any atom is -0.445 e. The van der Waals surface area contributed by atoms with Gasteiger partial charge in [0.25, 0.3) is 0 Å². The number of rotatable bonds is 3. The maximum atomic E-state index is 11.9. The van der Waals surface area contributed by atoms with Gasteiger partial charge >= 0.3 is 6.09 Å². The number of carbonyl (C=O) groups excluding carboxylic acids is 1. The average molecular weight is 299 g/mol. The van der Waals surface area contributed by atoms with Crippen LogP contribution in [0.15, 0.2) is 30.3 Å². The van der Waals surface area contributed by atoms with Crippen LogP contribution in [0.3, 0.4) is 0 Å². The smallest absolute Gasteiger partial charge is 0.410 e. The van der Waals surface area contributed by atoms with Gasteiger partial charge in [0.05, 0.1) is 0 Å². The lowest BCUT2D eigenvalue weighted by molar-refractivity contribution is 0.0803. The first-order valence-corrected chi connectivity index (χ1v) is 6.88. The maximum absolute atomic E-state index is 11.9. The predicted octanol–water partition coefficient (Wildman–Crippen LogP) is 2.80. The number of nitrogens with two attached hydrogens (primary N) is 1. The number of halogens is 1. The van der Waals surface area contributed by atoms with Crippen molar-refractivity contribution in [1.29, 1.82) is 0 Å². The molecule has 0 aliphatic carbocycles. The van der Waals surface area contributed by atoms with Crippen molar-refractivity contribution >= 4 is 18.5 Å². The minimum atomic E-state index is -0.216. The molecule has 0 bridgehead atoms. The van der Waals surface area contributed by atoms with Crippen LogP contribution in [-0.2, 0) is 11.3 Å². The molecule has 112 valence electrons. The van der Waals surface area contributed by atoms with Crippen molar-refractivity contribution in [1.82, 2.24) is 4.90 Å². The highest BCUT2D eigenvalue weighted by Gasteiger charge is 2.25. The zero-order chi connectivity index (χ0) is 13.7. The molecular formula is C15H23ClN2O2. The van der Waals surface area contributed by atoms with Crippen molar-refractivity contribution in [3.05, 3.63) is 35.9 Å². The third-order valence-corrected chi connectivity index (χ3v) is 3.75. The van der Waals surface area contributed by atoms with Crippen LogP contribution in [0.2, 0.25) is 0 Å². The average Bonchev–Trinajstić information content (AvgIpc) is 2.46. The summed E-state index contributed by atoms with van der Waals surface area (Å²) in [5.41, 5.74) is 6.90. The van der Waals surface area contributed by atoms with Crippen LogP contribution in [0.5, 0.6) is 0 Å². The van der Waals surface area contributed by atoms with Crippen molar-refractivity contribution in [2.45, 2.75) is 32.4 Å². The molecule has 2 rings (SSSR count). The summed E-state index contributed by atoms with van der Waals surface area (Å²) in [7, 11) is 0. The van der Waals surface area contributed by atoms with E-state index < -0.39 is 0 Å². The zero-order valence-electron chi connectivity index (χ0n) is 11.8. The van der Waals surface area contributed by atoms with Gasteiger partial charge in [-0.05, 0) is 31.2 Å². The molecule has 0 unspecified atom stereocenters. The van der Waals surface area contributed by atoms with Gasteiger partial charge in [-0.25, -0.2) is 4.79 Å². The van der Waals surface area contributed by atoms with E-state index in [2.05, 4.69) is 0 Å². The summed E-state index contributed by atoms with van der Waals surface area (Å²) in [6.07, 6.45) is 1.72. The lowest BCUT2D eigenvalue weighted by atomic mass is 9.91. The second-order valence-electron chi connectivity index (χ2n) is 5.22. The molecule has 1 heterocycles. The summed E-state index contributed by atoms with van der Waals surface area (Å²) in [6.45, 7) is 3.88. The topological polar surface area (TPSA) is 55.6 Å². The fourth-order valence-corrected chi connectivity index (χ4v) is 2.42. The van der Waals surface area contributed by atoms with E-state index in [0.717, 1.165) is 31.5 Å². The number of amides is 1. The van der Waals surface area contributed by atoms with Crippen molar-refractivity contribution in [3.8, 4) is 0 Å². The number of nitrogens with zero attached hydrogens (tertiary/aromatic N) is 1. The quantitative estimate of drug-likeness (QED) is 0.933. The molecule has 2 N–H and O–H groups in total. The highest BCUT2D eigenvalue weighted by molar-refractivity contribution is 5.85. The Morgan fingerprint density at radius 3 is 2.50 bits per heavy atom. The first kappa shape index (κ1) is 16.8. The van der Waals surface area contributed by atoms with Gasteiger partial charge in [-0.3, -0.25) is 0 Å². The van der Waals surface area contributed by atoms with Crippen LogP contribution < -0.4 is 5.73 Å². The van der Waals surface area contributed by atoms with Crippen LogP contribution in [-0.4, -0.2) is 30.1 Å². The molecule has 1 aromatic rings. The molecule has 1 aliphatic rings. The minimum absolute atomic E-state index is 0. The monoisotopic (exact) mass is 298 g/mol. The van der Waals surface area contributed by atoms with E-state index in [1.807, 2.05) is 37.3 Å². The largest absolute Gasteiger partial charge is 0.445 e. The van der Waals surface area contributed by atoms with Gasteiger partial charge in [0.15, 0.2) is 0 Å². The first-order chi connectivity index (χ1) is 9.16. The van der Waals surface area contributed by atoms with Gasteiger partial charge < -0.3 is 15.4 Å². The molecule has 20 heavy (non-hydrogen) atoms. The summed E-state index contributed by atoms with van der Waals surface area (Å²) in [4.78, 5) is 13.7. The molecule has 4 nitrogen and oxygen atoms in total. The van der Waals surface area contributed by atoms with E-state index >= 15 is 0 Å². The standard InChI is InChI=1S/C15H22N2O2.ClH/c1-12(16)14-7-9-17(10-8-14)15(18)19-11-13-5-3-2-4-6-13;/h2-6,12,14H,7-11,16H2,1H3;1H/t12-;/m0./s1. The van der Waals surface area contributed by atoms with E-state index in [-0.39, 0.29) is 24.5 Å². The number of piperidine rings is 1. The van der Waals surface area contributed by atoms with Crippen LogP contribution in [0.25, 0.3) is 0 Å². The number of hydrogen-bond donors (Lipinski definition) is 1. The molecule has 1 aliphatic heterocycles. The van der Waals surface area contributed by atoms with Crippen molar-refractivity contribution in [2.24, 2.45) is 11.7 Å². The van der Waals surface area contributed by atoms with Crippen molar-refractivity contribution < 1.29 is 9.53 Å². The normalized spacial score (nSPS) is 17.2. The highest BCUT2D eigenvalue weighted by Crippen LogP contribution is 2.20. The summed E-state index contributed by atoms with van der Waals surface area (Å²) in [5, 5.41) is 0. The van der Waals surface area contributed by atoms with E-state index in [1.54, 1.807) is 4.90 Å². The van der Waals surface area contributed by atoms with Gasteiger partial charge in [-0.2, -0.15) is 0 Å². The predicted molar refractivity (Wildman–Crippen MR) is 81.8 cm³/mol. The Labute approximate surface area is 126 Å². The van der Waals surface area contributed by atoms with Gasteiger partial charge in [0, 0.05) is 19.1 Å². The zero-order valence-corrected chi connectivity index (χ0v) is 12.6. The Kier molecular flexibility index (Phi) is 6.82. The molecule has 0 spiro atoms. The molecule has 0 radical (unpaired) electrons. The fraction of sp³-hybridized carbons (Fsp3) is 0.533. The second-order valence-corrected chi connectivity index (χ2v) is 5.22. The summed E-state index contributed by atoms with van der Waals surface area (Å²) >= 11 is 0. The first-order valence-electron chi connectivity index (χ1n) is 6.88. The number of carbonyl (C=O) groups is 1. The van der Waals surface area contributed by atoms with E-state index in [0.29, 0.717) is 12.5 Å². The summed E-state index contributed by atoms with van der Waals surface area (Å²) < 4.78 is 5.32. The number of ether oxygens (including phenoxy) is 1.